The summed E-state index contributed by atoms with van der Waals surface area (Å²) in [5, 5.41) is 2.63. The molecule has 1 heterocycles. The number of hydrogen-bond acceptors (Lipinski definition) is 5. The number of methoxy groups -OCH3 is 1. The van der Waals surface area contributed by atoms with Gasteiger partial charge in [-0.05, 0) is 30.7 Å². The molecule has 0 atom stereocenters. The van der Waals surface area contributed by atoms with Crippen LogP contribution in [0.1, 0.15) is 11.3 Å². The zero-order valence-electron chi connectivity index (χ0n) is 9.77. The van der Waals surface area contributed by atoms with Gasteiger partial charge in [-0.3, -0.25) is 0 Å². The minimum absolute atomic E-state index is 0.632. The van der Waals surface area contributed by atoms with Gasteiger partial charge >= 0.3 is 0 Å². The first-order valence-electron chi connectivity index (χ1n) is 5.16. The predicted octanol–water partition coefficient (Wildman–Crippen LogP) is 3.33. The van der Waals surface area contributed by atoms with E-state index in [1.165, 1.54) is 21.8 Å². The average molecular weight is 266 g/mol. The van der Waals surface area contributed by atoms with Gasteiger partial charge in [0.05, 0.1) is 12.8 Å². The number of hydrogen-bond donors (Lipinski definition) is 1. The van der Waals surface area contributed by atoms with Crippen LogP contribution in [0.5, 0.6) is 5.75 Å². The van der Waals surface area contributed by atoms with Crippen molar-refractivity contribution in [3.63, 3.8) is 0 Å². The average Bonchev–Trinajstić information content (AvgIpc) is 2.73. The van der Waals surface area contributed by atoms with E-state index in [1.54, 1.807) is 18.9 Å². The third kappa shape index (κ3) is 3.14. The summed E-state index contributed by atoms with van der Waals surface area (Å²) in [7, 11) is 1.68. The summed E-state index contributed by atoms with van der Waals surface area (Å²) in [6, 6.07) is 6.09. The molecule has 0 amide bonds. The summed E-state index contributed by atoms with van der Waals surface area (Å²) in [4.78, 5) is 5.49. The van der Waals surface area contributed by atoms with Crippen molar-refractivity contribution in [3.8, 4) is 5.75 Å². The number of nitrogens with zero attached hydrogens (tertiary/aromatic N) is 1. The Morgan fingerprint density at radius 1 is 1.47 bits per heavy atom. The maximum Gasteiger partial charge on any atom is 0.180 e. The van der Waals surface area contributed by atoms with E-state index in [4.69, 9.17) is 10.5 Å². The van der Waals surface area contributed by atoms with E-state index in [9.17, 15) is 0 Å². The first kappa shape index (κ1) is 12.3. The maximum absolute atomic E-state index is 5.60. The minimum atomic E-state index is 0.632. The molecule has 1 aromatic heterocycles. The molecule has 0 bridgehead atoms. The molecule has 0 aliphatic heterocycles. The Labute approximate surface area is 109 Å². The first-order chi connectivity index (χ1) is 8.19. The number of benzene rings is 1. The molecule has 5 heteroatoms. The number of nitrogen functional groups attached to an aromatic ring is 1. The first-order valence-corrected chi connectivity index (χ1v) is 7.03. The van der Waals surface area contributed by atoms with E-state index in [0.29, 0.717) is 5.13 Å². The number of ether oxygens (including phenoxy) is 1. The Morgan fingerprint density at radius 3 is 2.88 bits per heavy atom. The van der Waals surface area contributed by atoms with Gasteiger partial charge in [0, 0.05) is 16.0 Å². The van der Waals surface area contributed by atoms with E-state index in [-0.39, 0.29) is 0 Å². The topological polar surface area (TPSA) is 48.1 Å². The summed E-state index contributed by atoms with van der Waals surface area (Å²) in [6.07, 6.45) is 0. The number of aryl methyl sites for hydroxylation is 1. The van der Waals surface area contributed by atoms with Crippen LogP contribution in [-0.4, -0.2) is 12.1 Å². The van der Waals surface area contributed by atoms with Crippen molar-refractivity contribution in [2.24, 2.45) is 0 Å². The van der Waals surface area contributed by atoms with E-state index in [1.807, 2.05) is 17.5 Å². The molecule has 2 rings (SSSR count). The Kier molecular flexibility index (Phi) is 3.91. The molecule has 0 unspecified atom stereocenters. The largest absolute Gasteiger partial charge is 0.497 e. The summed E-state index contributed by atoms with van der Waals surface area (Å²) in [5.74, 6) is 1.74. The van der Waals surface area contributed by atoms with Crippen molar-refractivity contribution < 1.29 is 4.74 Å². The smallest absolute Gasteiger partial charge is 0.180 e. The normalized spacial score (nSPS) is 10.5. The highest BCUT2D eigenvalue weighted by atomic mass is 32.2. The van der Waals surface area contributed by atoms with E-state index in [0.717, 1.165) is 17.2 Å². The molecular weight excluding hydrogens is 252 g/mol. The van der Waals surface area contributed by atoms with Crippen LogP contribution in [0.15, 0.2) is 28.5 Å². The van der Waals surface area contributed by atoms with Crippen LogP contribution < -0.4 is 10.5 Å². The lowest BCUT2D eigenvalue weighted by molar-refractivity contribution is 0.414. The maximum atomic E-state index is 5.60. The van der Waals surface area contributed by atoms with Crippen molar-refractivity contribution in [1.82, 2.24) is 4.98 Å². The highest BCUT2D eigenvalue weighted by Gasteiger charge is 2.04. The molecule has 90 valence electrons. The van der Waals surface area contributed by atoms with Crippen LogP contribution in [0.4, 0.5) is 5.13 Å². The molecule has 3 nitrogen and oxygen atoms in total. The number of aromatic nitrogens is 1. The summed E-state index contributed by atoms with van der Waals surface area (Å²) in [5.41, 5.74) is 7.85. The van der Waals surface area contributed by atoms with Crippen LogP contribution in [0, 0.1) is 6.92 Å². The summed E-state index contributed by atoms with van der Waals surface area (Å²) in [6.45, 7) is 2.08. The van der Waals surface area contributed by atoms with Crippen LogP contribution in [0.3, 0.4) is 0 Å². The molecule has 0 saturated heterocycles. The number of nitrogens with two attached hydrogens (primary N) is 1. The SMILES string of the molecule is COc1ccc(SCc2csc(N)n2)c(C)c1. The van der Waals surface area contributed by atoms with Gasteiger partial charge in [-0.15, -0.1) is 23.1 Å². The fourth-order valence-electron chi connectivity index (χ4n) is 1.45. The molecule has 0 aliphatic rings. The van der Waals surface area contributed by atoms with Gasteiger partial charge < -0.3 is 10.5 Å². The van der Waals surface area contributed by atoms with Crippen LogP contribution in [-0.2, 0) is 5.75 Å². The third-order valence-corrected chi connectivity index (χ3v) is 4.26. The predicted molar refractivity (Wildman–Crippen MR) is 73.8 cm³/mol. The van der Waals surface area contributed by atoms with Gasteiger partial charge in [0.15, 0.2) is 5.13 Å². The van der Waals surface area contributed by atoms with Crippen molar-refractivity contribution in [1.29, 1.82) is 0 Å². The number of anilines is 1. The van der Waals surface area contributed by atoms with Gasteiger partial charge in [0.1, 0.15) is 5.75 Å². The van der Waals surface area contributed by atoms with Crippen molar-refractivity contribution >= 4 is 28.2 Å². The Morgan fingerprint density at radius 2 is 2.29 bits per heavy atom. The fraction of sp³-hybridized carbons (Fsp3) is 0.250. The quantitative estimate of drug-likeness (QED) is 0.862. The Hall–Kier alpha value is -1.20. The van der Waals surface area contributed by atoms with Crippen LogP contribution in [0.2, 0.25) is 0 Å². The molecular formula is C12H14N2OS2. The lowest BCUT2D eigenvalue weighted by Gasteiger charge is -2.06. The van der Waals surface area contributed by atoms with Gasteiger partial charge in [-0.25, -0.2) is 4.98 Å². The molecule has 0 fully saturated rings. The minimum Gasteiger partial charge on any atom is -0.497 e. The molecule has 2 N–H and O–H groups in total. The monoisotopic (exact) mass is 266 g/mol. The van der Waals surface area contributed by atoms with Crippen molar-refractivity contribution in [2.45, 2.75) is 17.6 Å². The lowest BCUT2D eigenvalue weighted by atomic mass is 10.2. The third-order valence-electron chi connectivity index (χ3n) is 2.33. The van der Waals surface area contributed by atoms with Crippen LogP contribution in [0.25, 0.3) is 0 Å². The zero-order valence-corrected chi connectivity index (χ0v) is 11.4. The summed E-state index contributed by atoms with van der Waals surface area (Å²) < 4.78 is 5.18. The number of thiazole rings is 1. The number of rotatable bonds is 4. The molecule has 1 aromatic carbocycles. The molecule has 0 aliphatic carbocycles. The Bertz CT molecular complexity index is 511. The van der Waals surface area contributed by atoms with Gasteiger partial charge in [-0.2, -0.15) is 0 Å². The second-order valence-electron chi connectivity index (χ2n) is 3.60. The van der Waals surface area contributed by atoms with E-state index in [2.05, 4.69) is 18.0 Å². The molecule has 0 radical (unpaired) electrons. The fourth-order valence-corrected chi connectivity index (χ4v) is 3.02. The summed E-state index contributed by atoms with van der Waals surface area (Å²) >= 11 is 3.25. The second-order valence-corrected chi connectivity index (χ2v) is 5.50. The van der Waals surface area contributed by atoms with Gasteiger partial charge in [0.2, 0.25) is 0 Å². The molecule has 17 heavy (non-hydrogen) atoms. The van der Waals surface area contributed by atoms with Crippen molar-refractivity contribution in [3.05, 3.63) is 34.8 Å². The molecule has 2 aromatic rings. The van der Waals surface area contributed by atoms with Gasteiger partial charge in [0.25, 0.3) is 0 Å². The van der Waals surface area contributed by atoms with E-state index < -0.39 is 0 Å². The highest BCUT2D eigenvalue weighted by molar-refractivity contribution is 7.98. The molecule has 0 spiro atoms. The van der Waals surface area contributed by atoms with Crippen molar-refractivity contribution in [2.75, 3.05) is 12.8 Å². The Balaban J connectivity index is 2.04. The second kappa shape index (κ2) is 5.42. The van der Waals surface area contributed by atoms with Crippen LogP contribution >= 0.6 is 23.1 Å². The number of thioether (sulfide) groups is 1. The standard InChI is InChI=1S/C12H14N2OS2/c1-8-5-10(15-2)3-4-11(8)16-6-9-7-17-12(13)14-9/h3-5,7H,6H2,1-2H3,(H2,13,14). The molecule has 0 saturated carbocycles. The highest BCUT2D eigenvalue weighted by Crippen LogP contribution is 2.29. The lowest BCUT2D eigenvalue weighted by Crippen LogP contribution is -1.87. The van der Waals surface area contributed by atoms with Gasteiger partial charge in [-0.1, -0.05) is 0 Å². The van der Waals surface area contributed by atoms with E-state index >= 15 is 0 Å². The zero-order chi connectivity index (χ0) is 12.3.